The van der Waals surface area contributed by atoms with Crippen LogP contribution in [0.5, 0.6) is 0 Å². The lowest BCUT2D eigenvalue weighted by Crippen LogP contribution is -2.51. The van der Waals surface area contributed by atoms with E-state index in [1.54, 1.807) is 0 Å². The van der Waals surface area contributed by atoms with Gasteiger partial charge in [-0.15, -0.1) is 12.4 Å². The summed E-state index contributed by atoms with van der Waals surface area (Å²) in [7, 11) is 2.10. The summed E-state index contributed by atoms with van der Waals surface area (Å²) in [6.07, 6.45) is 5.02. The Hall–Kier alpha value is -0.360. The number of ether oxygens (including phenoxy) is 1. The van der Waals surface area contributed by atoms with E-state index in [4.69, 9.17) is 4.74 Å². The summed E-state index contributed by atoms with van der Waals surface area (Å²) in [5.41, 5.74) is 0. The van der Waals surface area contributed by atoms with Gasteiger partial charge in [-0.2, -0.15) is 0 Å². The van der Waals surface area contributed by atoms with Crippen LogP contribution in [0.1, 0.15) is 25.7 Å². The van der Waals surface area contributed by atoms with Crippen LogP contribution in [-0.4, -0.2) is 73.7 Å². The summed E-state index contributed by atoms with van der Waals surface area (Å²) >= 11 is 0. The first-order valence-electron chi connectivity index (χ1n) is 7.54. The lowest BCUT2D eigenvalue weighted by Gasteiger charge is -2.36. The van der Waals surface area contributed by atoms with Crippen molar-refractivity contribution in [3.05, 3.63) is 0 Å². The first-order chi connectivity index (χ1) is 9.22. The molecule has 3 aliphatic rings. The van der Waals surface area contributed by atoms with E-state index in [2.05, 4.69) is 17.3 Å². The van der Waals surface area contributed by atoms with Crippen molar-refractivity contribution in [2.24, 2.45) is 0 Å². The molecule has 20 heavy (non-hydrogen) atoms. The molecule has 0 aromatic carbocycles. The first kappa shape index (κ1) is 16.0. The molecule has 1 amide bonds. The standard InChI is InChI=1S/C14H25N3O2.ClH/c1-16(10-14(18)17-4-6-19-7-5-17)13-8-11-2-3-12(9-13)15-11;/h11-13,15H,2-10H2,1H3;1H. The summed E-state index contributed by atoms with van der Waals surface area (Å²) in [6, 6.07) is 1.94. The van der Waals surface area contributed by atoms with Gasteiger partial charge in [0.15, 0.2) is 0 Å². The van der Waals surface area contributed by atoms with Gasteiger partial charge in [0.05, 0.1) is 19.8 Å². The molecule has 116 valence electrons. The number of hydrogen-bond donors (Lipinski definition) is 1. The Bertz CT molecular complexity index is 324. The van der Waals surface area contributed by atoms with Crippen LogP contribution in [-0.2, 0) is 9.53 Å². The number of hydrogen-bond acceptors (Lipinski definition) is 4. The Balaban J connectivity index is 0.00000147. The Kier molecular flexibility index (Phi) is 5.66. The summed E-state index contributed by atoms with van der Waals surface area (Å²) in [4.78, 5) is 16.5. The number of nitrogens with zero attached hydrogens (tertiary/aromatic N) is 2. The predicted molar refractivity (Wildman–Crippen MR) is 80.2 cm³/mol. The third-order valence-corrected chi connectivity index (χ3v) is 4.82. The highest BCUT2D eigenvalue weighted by Gasteiger charge is 2.35. The summed E-state index contributed by atoms with van der Waals surface area (Å²) in [5.74, 6) is 0.261. The van der Waals surface area contributed by atoms with Crippen molar-refractivity contribution in [1.82, 2.24) is 15.1 Å². The number of amides is 1. The molecule has 2 bridgehead atoms. The molecule has 6 heteroatoms. The fraction of sp³-hybridized carbons (Fsp3) is 0.929. The van der Waals surface area contributed by atoms with Crippen LogP contribution < -0.4 is 5.32 Å². The maximum Gasteiger partial charge on any atom is 0.236 e. The highest BCUT2D eigenvalue weighted by molar-refractivity contribution is 5.85. The normalized spacial score (nSPS) is 33.1. The van der Waals surface area contributed by atoms with Crippen LogP contribution in [0.3, 0.4) is 0 Å². The van der Waals surface area contributed by atoms with E-state index in [-0.39, 0.29) is 18.3 Å². The van der Waals surface area contributed by atoms with Gasteiger partial charge in [0, 0.05) is 31.2 Å². The van der Waals surface area contributed by atoms with Gasteiger partial charge in [0.1, 0.15) is 0 Å². The number of morpholine rings is 1. The van der Waals surface area contributed by atoms with Crippen LogP contribution in [0.15, 0.2) is 0 Å². The van der Waals surface area contributed by atoms with E-state index in [1.807, 2.05) is 4.90 Å². The number of halogens is 1. The number of fused-ring (bicyclic) bond motifs is 2. The minimum atomic E-state index is 0. The second-order valence-electron chi connectivity index (χ2n) is 6.17. The zero-order valence-electron chi connectivity index (χ0n) is 12.2. The van der Waals surface area contributed by atoms with E-state index >= 15 is 0 Å². The van der Waals surface area contributed by atoms with Crippen molar-refractivity contribution in [3.8, 4) is 0 Å². The fourth-order valence-electron chi connectivity index (χ4n) is 3.64. The molecule has 3 saturated heterocycles. The molecule has 2 unspecified atom stereocenters. The lowest BCUT2D eigenvalue weighted by molar-refractivity contribution is -0.136. The summed E-state index contributed by atoms with van der Waals surface area (Å²) in [6.45, 7) is 3.44. The number of carbonyl (C=O) groups excluding carboxylic acids is 1. The van der Waals surface area contributed by atoms with E-state index in [0.29, 0.717) is 37.9 Å². The second-order valence-corrected chi connectivity index (χ2v) is 6.17. The van der Waals surface area contributed by atoms with Crippen molar-refractivity contribution in [2.75, 3.05) is 39.9 Å². The zero-order valence-corrected chi connectivity index (χ0v) is 13.0. The van der Waals surface area contributed by atoms with Gasteiger partial charge < -0.3 is 15.0 Å². The van der Waals surface area contributed by atoms with Crippen molar-refractivity contribution >= 4 is 18.3 Å². The molecule has 0 aromatic heterocycles. The highest BCUT2D eigenvalue weighted by atomic mass is 35.5. The molecular formula is C14H26ClN3O2. The Morgan fingerprint density at radius 1 is 1.25 bits per heavy atom. The molecule has 5 nitrogen and oxygen atoms in total. The minimum absolute atomic E-state index is 0. The van der Waals surface area contributed by atoms with Crippen molar-refractivity contribution < 1.29 is 9.53 Å². The molecule has 0 radical (unpaired) electrons. The predicted octanol–water partition coefficient (Wildman–Crippen LogP) is 0.482. The average molecular weight is 304 g/mol. The van der Waals surface area contributed by atoms with E-state index in [0.717, 1.165) is 13.1 Å². The minimum Gasteiger partial charge on any atom is -0.378 e. The Labute approximate surface area is 127 Å². The molecule has 3 aliphatic heterocycles. The van der Waals surface area contributed by atoms with Crippen molar-refractivity contribution in [1.29, 1.82) is 0 Å². The van der Waals surface area contributed by atoms with Gasteiger partial charge in [-0.1, -0.05) is 0 Å². The van der Waals surface area contributed by atoms with Crippen LogP contribution in [0.4, 0.5) is 0 Å². The smallest absolute Gasteiger partial charge is 0.236 e. The van der Waals surface area contributed by atoms with E-state index in [9.17, 15) is 4.79 Å². The van der Waals surface area contributed by atoms with Gasteiger partial charge >= 0.3 is 0 Å². The van der Waals surface area contributed by atoms with Gasteiger partial charge in [-0.3, -0.25) is 9.69 Å². The molecule has 3 heterocycles. The van der Waals surface area contributed by atoms with Crippen LogP contribution in [0.2, 0.25) is 0 Å². The average Bonchev–Trinajstić information content (AvgIpc) is 2.78. The molecule has 2 atom stereocenters. The molecule has 3 rings (SSSR count). The number of piperidine rings is 1. The molecule has 0 aromatic rings. The number of likely N-dealkylation sites (N-methyl/N-ethyl adjacent to an activating group) is 1. The molecule has 0 spiro atoms. The largest absolute Gasteiger partial charge is 0.378 e. The van der Waals surface area contributed by atoms with E-state index in [1.165, 1.54) is 25.7 Å². The van der Waals surface area contributed by atoms with Gasteiger partial charge in [0.2, 0.25) is 5.91 Å². The quantitative estimate of drug-likeness (QED) is 0.824. The van der Waals surface area contributed by atoms with Crippen LogP contribution in [0.25, 0.3) is 0 Å². The van der Waals surface area contributed by atoms with Gasteiger partial charge in [-0.25, -0.2) is 0 Å². The Morgan fingerprint density at radius 2 is 1.85 bits per heavy atom. The van der Waals surface area contributed by atoms with Crippen molar-refractivity contribution in [2.45, 2.75) is 43.8 Å². The molecule has 1 N–H and O–H groups in total. The number of carbonyl (C=O) groups is 1. The molecule has 0 saturated carbocycles. The van der Waals surface area contributed by atoms with Gasteiger partial charge in [0.25, 0.3) is 0 Å². The van der Waals surface area contributed by atoms with Gasteiger partial charge in [-0.05, 0) is 32.7 Å². The monoisotopic (exact) mass is 303 g/mol. The number of rotatable bonds is 3. The number of nitrogens with one attached hydrogen (secondary N) is 1. The maximum atomic E-state index is 12.2. The van der Waals surface area contributed by atoms with Crippen LogP contribution in [0, 0.1) is 0 Å². The summed E-state index contributed by atoms with van der Waals surface area (Å²) < 4.78 is 5.29. The van der Waals surface area contributed by atoms with E-state index < -0.39 is 0 Å². The highest BCUT2D eigenvalue weighted by Crippen LogP contribution is 2.29. The lowest BCUT2D eigenvalue weighted by atomic mass is 9.98. The second kappa shape index (κ2) is 7.07. The third kappa shape index (κ3) is 3.64. The Morgan fingerprint density at radius 3 is 2.45 bits per heavy atom. The van der Waals surface area contributed by atoms with Crippen molar-refractivity contribution in [3.63, 3.8) is 0 Å². The fourth-order valence-corrected chi connectivity index (χ4v) is 3.64. The zero-order chi connectivity index (χ0) is 13.2. The molecular weight excluding hydrogens is 278 g/mol. The topological polar surface area (TPSA) is 44.8 Å². The summed E-state index contributed by atoms with van der Waals surface area (Å²) in [5, 5.41) is 3.65. The third-order valence-electron chi connectivity index (χ3n) is 4.82. The SMILES string of the molecule is CN(CC(=O)N1CCOCC1)C1CC2CCC(C1)N2.Cl. The molecule has 0 aliphatic carbocycles. The first-order valence-corrected chi connectivity index (χ1v) is 7.54. The molecule has 3 fully saturated rings. The maximum absolute atomic E-state index is 12.2. The van der Waals surface area contributed by atoms with Crippen LogP contribution >= 0.6 is 12.4 Å².